The molecule has 1 aromatic carbocycles. The Labute approximate surface area is 135 Å². The molecule has 0 aliphatic rings. The first-order chi connectivity index (χ1) is 11.3. The van der Waals surface area contributed by atoms with E-state index < -0.39 is 0 Å². The highest BCUT2D eigenvalue weighted by Crippen LogP contribution is 2.10. The number of hydrogen-bond acceptors (Lipinski definition) is 3. The smallest absolute Gasteiger partial charge is 0.191 e. The number of aliphatic imine (C=N–C) groups is 1. The summed E-state index contributed by atoms with van der Waals surface area (Å²) in [5.41, 5.74) is 2.05. The summed E-state index contributed by atoms with van der Waals surface area (Å²) in [6.45, 7) is 2.65. The zero-order valence-electron chi connectivity index (χ0n) is 13.3. The fourth-order valence-electron chi connectivity index (χ4n) is 2.40. The number of benzene rings is 1. The number of pyridine rings is 1. The van der Waals surface area contributed by atoms with Crippen LogP contribution in [0.1, 0.15) is 24.4 Å². The summed E-state index contributed by atoms with van der Waals surface area (Å²) in [5, 5.41) is 15.0. The summed E-state index contributed by atoms with van der Waals surface area (Å²) in [6, 6.07) is 16.3. The van der Waals surface area contributed by atoms with Crippen molar-refractivity contribution >= 4 is 11.6 Å². The summed E-state index contributed by atoms with van der Waals surface area (Å²) in [4.78, 5) is 4.27. The molecule has 0 aliphatic heterocycles. The van der Waals surface area contributed by atoms with Gasteiger partial charge in [0.15, 0.2) is 17.4 Å². The number of aromatic nitrogens is 3. The molecule has 0 fully saturated rings. The van der Waals surface area contributed by atoms with Crippen LogP contribution in [0.5, 0.6) is 0 Å². The average molecular weight is 308 g/mol. The molecule has 0 saturated carbocycles. The van der Waals surface area contributed by atoms with Gasteiger partial charge in [-0.1, -0.05) is 36.4 Å². The highest BCUT2D eigenvalue weighted by molar-refractivity contribution is 5.80. The Morgan fingerprint density at radius 2 is 1.91 bits per heavy atom. The van der Waals surface area contributed by atoms with E-state index in [0.717, 1.165) is 17.4 Å². The zero-order valence-corrected chi connectivity index (χ0v) is 13.3. The van der Waals surface area contributed by atoms with E-state index in [1.807, 2.05) is 47.0 Å². The molecular formula is C17H20N6. The van der Waals surface area contributed by atoms with Crippen LogP contribution < -0.4 is 10.6 Å². The van der Waals surface area contributed by atoms with Crippen molar-refractivity contribution in [1.82, 2.24) is 25.2 Å². The summed E-state index contributed by atoms with van der Waals surface area (Å²) in [6.07, 6.45) is 1.95. The Bertz CT molecular complexity index is 793. The first-order valence-electron chi connectivity index (χ1n) is 7.58. The number of guanidine groups is 1. The van der Waals surface area contributed by atoms with Gasteiger partial charge in [0.1, 0.15) is 0 Å². The first kappa shape index (κ1) is 15.0. The second-order valence-electron chi connectivity index (χ2n) is 5.25. The fraction of sp³-hybridized carbons (Fsp3) is 0.235. The van der Waals surface area contributed by atoms with Crippen LogP contribution in [0.2, 0.25) is 0 Å². The van der Waals surface area contributed by atoms with E-state index in [-0.39, 0.29) is 6.04 Å². The second-order valence-corrected chi connectivity index (χ2v) is 5.25. The molecule has 0 saturated heterocycles. The quantitative estimate of drug-likeness (QED) is 0.572. The van der Waals surface area contributed by atoms with Gasteiger partial charge in [-0.2, -0.15) is 0 Å². The Morgan fingerprint density at radius 1 is 1.13 bits per heavy atom. The van der Waals surface area contributed by atoms with Gasteiger partial charge in [0.05, 0.1) is 12.6 Å². The number of rotatable bonds is 4. The van der Waals surface area contributed by atoms with Gasteiger partial charge in [0, 0.05) is 13.2 Å². The second kappa shape index (κ2) is 6.91. The van der Waals surface area contributed by atoms with E-state index in [1.165, 1.54) is 5.56 Å². The first-order valence-corrected chi connectivity index (χ1v) is 7.58. The third-order valence-corrected chi connectivity index (χ3v) is 3.67. The van der Waals surface area contributed by atoms with Gasteiger partial charge in [-0.3, -0.25) is 9.39 Å². The molecule has 0 radical (unpaired) electrons. The standard InChI is InChI=1S/C17H20N6/c1-13(14-8-4-3-5-9-14)20-17(18-2)19-12-16-22-21-15-10-6-7-11-23(15)16/h3-11,13H,12H2,1-2H3,(H2,18,19,20). The lowest BCUT2D eigenvalue weighted by atomic mass is 10.1. The lowest BCUT2D eigenvalue weighted by Gasteiger charge is -2.18. The van der Waals surface area contributed by atoms with Crippen LogP contribution in [-0.4, -0.2) is 27.6 Å². The Hall–Kier alpha value is -2.89. The van der Waals surface area contributed by atoms with Gasteiger partial charge in [-0.25, -0.2) is 0 Å². The van der Waals surface area contributed by atoms with Gasteiger partial charge in [0.25, 0.3) is 0 Å². The van der Waals surface area contributed by atoms with Crippen LogP contribution >= 0.6 is 0 Å². The summed E-state index contributed by atoms with van der Waals surface area (Å²) in [7, 11) is 1.76. The third-order valence-electron chi connectivity index (χ3n) is 3.67. The maximum atomic E-state index is 4.27. The predicted molar refractivity (Wildman–Crippen MR) is 91.2 cm³/mol. The average Bonchev–Trinajstić information content (AvgIpc) is 3.02. The van der Waals surface area contributed by atoms with Crippen LogP contribution in [0, 0.1) is 0 Å². The zero-order chi connectivity index (χ0) is 16.1. The molecule has 6 heteroatoms. The molecule has 2 aromatic heterocycles. The lowest BCUT2D eigenvalue weighted by molar-refractivity contribution is 0.677. The topological polar surface area (TPSA) is 66.6 Å². The molecule has 0 bridgehead atoms. The highest BCUT2D eigenvalue weighted by Gasteiger charge is 2.09. The van der Waals surface area contributed by atoms with E-state index in [0.29, 0.717) is 6.54 Å². The third kappa shape index (κ3) is 3.48. The van der Waals surface area contributed by atoms with Gasteiger partial charge >= 0.3 is 0 Å². The van der Waals surface area contributed by atoms with Crippen molar-refractivity contribution in [1.29, 1.82) is 0 Å². The van der Waals surface area contributed by atoms with Crippen LogP contribution in [0.25, 0.3) is 5.65 Å². The van der Waals surface area contributed by atoms with E-state index in [9.17, 15) is 0 Å². The van der Waals surface area contributed by atoms with Crippen molar-refractivity contribution in [2.45, 2.75) is 19.5 Å². The van der Waals surface area contributed by atoms with Crippen LogP contribution in [0.4, 0.5) is 0 Å². The molecule has 6 nitrogen and oxygen atoms in total. The molecule has 3 rings (SSSR count). The minimum Gasteiger partial charge on any atom is -0.350 e. The fourth-order valence-corrected chi connectivity index (χ4v) is 2.40. The van der Waals surface area contributed by atoms with Gasteiger partial charge in [-0.15, -0.1) is 10.2 Å². The Balaban J connectivity index is 1.64. The molecule has 118 valence electrons. The molecule has 0 amide bonds. The van der Waals surface area contributed by atoms with Crippen molar-refractivity contribution in [2.24, 2.45) is 4.99 Å². The summed E-state index contributed by atoms with van der Waals surface area (Å²) < 4.78 is 1.96. The Morgan fingerprint density at radius 3 is 2.70 bits per heavy atom. The van der Waals surface area contributed by atoms with Crippen molar-refractivity contribution < 1.29 is 0 Å². The maximum absolute atomic E-state index is 4.27. The molecule has 2 heterocycles. The molecule has 0 aliphatic carbocycles. The van der Waals surface area contributed by atoms with Gasteiger partial charge in [-0.05, 0) is 24.6 Å². The van der Waals surface area contributed by atoms with E-state index >= 15 is 0 Å². The maximum Gasteiger partial charge on any atom is 0.191 e. The van der Waals surface area contributed by atoms with Crippen LogP contribution in [0.3, 0.4) is 0 Å². The molecule has 1 atom stereocenters. The van der Waals surface area contributed by atoms with Crippen molar-refractivity contribution in [2.75, 3.05) is 7.05 Å². The summed E-state index contributed by atoms with van der Waals surface area (Å²) in [5.74, 6) is 1.57. The van der Waals surface area contributed by atoms with Crippen molar-refractivity contribution in [3.8, 4) is 0 Å². The van der Waals surface area contributed by atoms with E-state index in [1.54, 1.807) is 7.05 Å². The monoisotopic (exact) mass is 308 g/mol. The van der Waals surface area contributed by atoms with Gasteiger partial charge in [0.2, 0.25) is 0 Å². The Kier molecular flexibility index (Phi) is 4.52. The number of fused-ring (bicyclic) bond motifs is 1. The minimum absolute atomic E-state index is 0.164. The predicted octanol–water partition coefficient (Wildman–Crippen LogP) is 2.16. The number of nitrogens with one attached hydrogen (secondary N) is 2. The summed E-state index contributed by atoms with van der Waals surface area (Å²) >= 11 is 0. The molecule has 3 aromatic rings. The molecule has 2 N–H and O–H groups in total. The van der Waals surface area contributed by atoms with Crippen LogP contribution in [-0.2, 0) is 6.54 Å². The molecule has 1 unspecified atom stereocenters. The van der Waals surface area contributed by atoms with E-state index in [2.05, 4.69) is 44.9 Å². The number of hydrogen-bond donors (Lipinski definition) is 2. The van der Waals surface area contributed by atoms with Crippen LogP contribution in [0.15, 0.2) is 59.7 Å². The normalized spacial score (nSPS) is 13.0. The number of nitrogens with zero attached hydrogens (tertiary/aromatic N) is 4. The van der Waals surface area contributed by atoms with Gasteiger partial charge < -0.3 is 10.6 Å². The van der Waals surface area contributed by atoms with Crippen molar-refractivity contribution in [3.63, 3.8) is 0 Å². The molecule has 0 spiro atoms. The lowest BCUT2D eigenvalue weighted by Crippen LogP contribution is -2.38. The molecule has 23 heavy (non-hydrogen) atoms. The van der Waals surface area contributed by atoms with E-state index in [4.69, 9.17) is 0 Å². The minimum atomic E-state index is 0.164. The SMILES string of the molecule is CN=C(NCc1nnc2ccccn12)NC(C)c1ccccc1. The largest absolute Gasteiger partial charge is 0.350 e. The highest BCUT2D eigenvalue weighted by atomic mass is 15.3. The molecular weight excluding hydrogens is 288 g/mol. The van der Waals surface area contributed by atoms with Crippen molar-refractivity contribution in [3.05, 3.63) is 66.1 Å².